The third-order valence-corrected chi connectivity index (χ3v) is 9.01. The quantitative estimate of drug-likeness (QED) is 0.281. The molecule has 8 nitrogen and oxygen atoms in total. The molecule has 0 radical (unpaired) electrons. The van der Waals surface area contributed by atoms with Gasteiger partial charge in [0.25, 0.3) is 0 Å². The van der Waals surface area contributed by atoms with Gasteiger partial charge in [0.1, 0.15) is 18.4 Å². The van der Waals surface area contributed by atoms with Crippen molar-refractivity contribution in [2.24, 2.45) is 5.92 Å². The summed E-state index contributed by atoms with van der Waals surface area (Å²) < 4.78 is 42.3. The minimum absolute atomic E-state index is 0.0815. The molecule has 0 aliphatic rings. The van der Waals surface area contributed by atoms with Crippen LogP contribution >= 0.6 is 23.2 Å². The fraction of sp³-hybridized carbons (Fsp3) is 0.333. The third-order valence-electron chi connectivity index (χ3n) is 6.48. The minimum atomic E-state index is -4.20. The molecule has 0 aromatic heterocycles. The average Bonchev–Trinajstić information content (AvgIpc) is 2.94. The number of carbonyl (C=O) groups excluding carboxylic acids is 2. The summed E-state index contributed by atoms with van der Waals surface area (Å²) in [5, 5.41) is 3.49. The fourth-order valence-electron chi connectivity index (χ4n) is 4.15. The van der Waals surface area contributed by atoms with E-state index in [9.17, 15) is 22.4 Å². The van der Waals surface area contributed by atoms with Gasteiger partial charge in [-0.05, 0) is 47.9 Å². The number of rotatable bonds is 13. The molecule has 1 atom stereocenters. The Balaban J connectivity index is 2.13. The Bertz CT molecular complexity index is 1450. The maximum absolute atomic E-state index is 14.2. The molecular weight excluding hydrogens is 602 g/mol. The zero-order valence-corrected chi connectivity index (χ0v) is 26.3. The lowest BCUT2D eigenvalue weighted by Gasteiger charge is -2.34. The lowest BCUT2D eigenvalue weighted by atomic mass is 10.0. The average molecular weight is 638 g/mol. The summed E-state index contributed by atoms with van der Waals surface area (Å²) in [5.41, 5.74) is 1.28. The van der Waals surface area contributed by atoms with Gasteiger partial charge in [-0.3, -0.25) is 9.59 Å². The van der Waals surface area contributed by atoms with Gasteiger partial charge in [-0.2, -0.15) is 12.7 Å². The zero-order chi connectivity index (χ0) is 31.0. The number of anilines is 1. The van der Waals surface area contributed by atoms with Gasteiger partial charge in [-0.1, -0.05) is 73.4 Å². The van der Waals surface area contributed by atoms with E-state index in [0.29, 0.717) is 12.1 Å². The Morgan fingerprint density at radius 3 is 2.05 bits per heavy atom. The monoisotopic (exact) mass is 636 g/mol. The van der Waals surface area contributed by atoms with Crippen molar-refractivity contribution in [2.75, 3.05) is 31.5 Å². The van der Waals surface area contributed by atoms with Crippen LogP contribution in [0.15, 0.2) is 72.8 Å². The van der Waals surface area contributed by atoms with Crippen molar-refractivity contribution in [1.82, 2.24) is 14.5 Å². The smallest absolute Gasteiger partial charge is 0.304 e. The standard InChI is InChI=1S/C30H35Cl2FN4O4S/c1-21(2)18-34-30(39)28(17-22-9-6-5-7-10-22)36(19-25-26(31)11-8-12-27(25)32)29(38)20-37(42(40,41)35(3)4)24-15-13-23(33)14-16-24/h5-16,21,28H,17-20H2,1-4H3,(H,34,39)/t28-/m0/s1. The number of nitrogens with zero attached hydrogens (tertiary/aromatic N) is 3. The number of nitrogens with one attached hydrogen (secondary N) is 1. The van der Waals surface area contributed by atoms with Crippen LogP contribution in [0.3, 0.4) is 0 Å². The normalized spacial score (nSPS) is 12.3. The van der Waals surface area contributed by atoms with E-state index in [2.05, 4.69) is 5.32 Å². The minimum Gasteiger partial charge on any atom is -0.354 e. The Kier molecular flexibility index (Phi) is 11.8. The lowest BCUT2D eigenvalue weighted by Crippen LogP contribution is -2.54. The molecule has 226 valence electrons. The molecular formula is C30H35Cl2FN4O4S. The van der Waals surface area contributed by atoms with Crippen LogP contribution in [0, 0.1) is 11.7 Å². The van der Waals surface area contributed by atoms with E-state index in [1.54, 1.807) is 18.2 Å². The molecule has 3 rings (SSSR count). The van der Waals surface area contributed by atoms with Crippen LogP contribution in [0.25, 0.3) is 0 Å². The predicted octanol–water partition coefficient (Wildman–Crippen LogP) is 5.16. The number of hydrogen-bond donors (Lipinski definition) is 1. The molecule has 0 aliphatic carbocycles. The fourth-order valence-corrected chi connectivity index (χ4v) is 5.73. The van der Waals surface area contributed by atoms with Crippen LogP contribution in [0.2, 0.25) is 10.0 Å². The molecule has 0 spiro atoms. The second kappa shape index (κ2) is 14.8. The van der Waals surface area contributed by atoms with Crippen LogP contribution in [0.1, 0.15) is 25.0 Å². The van der Waals surface area contributed by atoms with Gasteiger partial charge >= 0.3 is 10.2 Å². The Morgan fingerprint density at radius 2 is 1.50 bits per heavy atom. The highest BCUT2D eigenvalue weighted by atomic mass is 35.5. The molecule has 3 aromatic carbocycles. The Morgan fingerprint density at radius 1 is 0.905 bits per heavy atom. The Labute approximate surface area is 257 Å². The molecule has 3 aromatic rings. The van der Waals surface area contributed by atoms with Gasteiger partial charge in [0, 0.05) is 49.2 Å². The third kappa shape index (κ3) is 8.67. The van der Waals surface area contributed by atoms with Crippen molar-refractivity contribution in [2.45, 2.75) is 32.9 Å². The van der Waals surface area contributed by atoms with E-state index < -0.39 is 40.4 Å². The van der Waals surface area contributed by atoms with Gasteiger partial charge in [-0.15, -0.1) is 0 Å². The molecule has 12 heteroatoms. The maximum Gasteiger partial charge on any atom is 0.304 e. The summed E-state index contributed by atoms with van der Waals surface area (Å²) in [7, 11) is -1.55. The van der Waals surface area contributed by atoms with Crippen molar-refractivity contribution in [3.05, 3.63) is 99.8 Å². The topological polar surface area (TPSA) is 90.0 Å². The van der Waals surface area contributed by atoms with Crippen LogP contribution in [0.5, 0.6) is 0 Å². The molecule has 42 heavy (non-hydrogen) atoms. The molecule has 0 unspecified atom stereocenters. The summed E-state index contributed by atoms with van der Waals surface area (Å²) >= 11 is 13.0. The predicted molar refractivity (Wildman–Crippen MR) is 165 cm³/mol. The van der Waals surface area contributed by atoms with E-state index in [1.165, 1.54) is 31.1 Å². The zero-order valence-electron chi connectivity index (χ0n) is 23.9. The molecule has 0 aliphatic heterocycles. The van der Waals surface area contributed by atoms with E-state index in [0.717, 1.165) is 26.3 Å². The highest BCUT2D eigenvalue weighted by Crippen LogP contribution is 2.28. The van der Waals surface area contributed by atoms with Crippen molar-refractivity contribution < 1.29 is 22.4 Å². The van der Waals surface area contributed by atoms with E-state index in [-0.39, 0.29) is 34.6 Å². The van der Waals surface area contributed by atoms with Gasteiger partial charge in [0.05, 0.1) is 5.69 Å². The van der Waals surface area contributed by atoms with Crippen LogP contribution in [0.4, 0.5) is 10.1 Å². The van der Waals surface area contributed by atoms with Crippen LogP contribution in [-0.2, 0) is 32.8 Å². The molecule has 0 heterocycles. The first kappa shape index (κ1) is 33.3. The van der Waals surface area contributed by atoms with Gasteiger partial charge in [0.15, 0.2) is 0 Å². The summed E-state index contributed by atoms with van der Waals surface area (Å²) in [4.78, 5) is 29.2. The molecule has 0 saturated carbocycles. The summed E-state index contributed by atoms with van der Waals surface area (Å²) in [5.74, 6) is -1.51. The molecule has 2 amide bonds. The van der Waals surface area contributed by atoms with Crippen molar-refractivity contribution in [3.63, 3.8) is 0 Å². The summed E-state index contributed by atoms with van der Waals surface area (Å²) in [6.07, 6.45) is 0.148. The van der Waals surface area contributed by atoms with Crippen LogP contribution < -0.4 is 9.62 Å². The highest BCUT2D eigenvalue weighted by molar-refractivity contribution is 7.90. The van der Waals surface area contributed by atoms with Gasteiger partial charge < -0.3 is 10.2 Å². The largest absolute Gasteiger partial charge is 0.354 e. The summed E-state index contributed by atoms with van der Waals surface area (Å²) in [6, 6.07) is 17.8. The Hall–Kier alpha value is -3.18. The van der Waals surface area contributed by atoms with Crippen molar-refractivity contribution in [3.8, 4) is 0 Å². The lowest BCUT2D eigenvalue weighted by molar-refractivity contribution is -0.140. The number of halogens is 3. The SMILES string of the molecule is CC(C)CNC(=O)[C@H](Cc1ccccc1)N(Cc1c(Cl)cccc1Cl)C(=O)CN(c1ccc(F)cc1)S(=O)(=O)N(C)C. The molecule has 0 bridgehead atoms. The second-order valence-electron chi connectivity index (χ2n) is 10.3. The first-order chi connectivity index (χ1) is 19.8. The summed E-state index contributed by atoms with van der Waals surface area (Å²) in [6.45, 7) is 3.44. The first-order valence-corrected chi connectivity index (χ1v) is 15.5. The molecule has 0 fully saturated rings. The maximum atomic E-state index is 14.2. The van der Waals surface area contributed by atoms with Crippen molar-refractivity contribution >= 4 is 50.9 Å². The second-order valence-corrected chi connectivity index (χ2v) is 13.2. The van der Waals surface area contributed by atoms with E-state index >= 15 is 0 Å². The molecule has 1 N–H and O–H groups in total. The van der Waals surface area contributed by atoms with Gasteiger partial charge in [0.2, 0.25) is 11.8 Å². The van der Waals surface area contributed by atoms with Crippen LogP contribution in [-0.4, -0.2) is 62.7 Å². The number of hydrogen-bond acceptors (Lipinski definition) is 4. The van der Waals surface area contributed by atoms with Gasteiger partial charge in [-0.25, -0.2) is 8.70 Å². The van der Waals surface area contributed by atoms with E-state index in [4.69, 9.17) is 23.2 Å². The number of carbonyl (C=O) groups is 2. The van der Waals surface area contributed by atoms with Crippen molar-refractivity contribution in [1.29, 1.82) is 0 Å². The highest BCUT2D eigenvalue weighted by Gasteiger charge is 2.35. The van der Waals surface area contributed by atoms with E-state index in [1.807, 2.05) is 44.2 Å². The number of benzene rings is 3. The number of amides is 2. The molecule has 0 saturated heterocycles. The first-order valence-electron chi connectivity index (χ1n) is 13.3.